The highest BCUT2D eigenvalue weighted by molar-refractivity contribution is 6.31. The fourth-order valence-electron chi connectivity index (χ4n) is 2.27. The number of carbonyl (C=O) groups is 1. The first-order chi connectivity index (χ1) is 9.17. The van der Waals surface area contributed by atoms with Crippen LogP contribution >= 0.6 is 11.6 Å². The largest absolute Gasteiger partial charge is 0.469 e. The lowest BCUT2D eigenvalue weighted by molar-refractivity contribution is -0.139. The topological polar surface area (TPSA) is 42.1 Å². The molecule has 0 amide bonds. The van der Waals surface area contributed by atoms with Crippen molar-refractivity contribution in [2.24, 2.45) is 0 Å². The quantitative estimate of drug-likeness (QED) is 0.724. The molecule has 0 saturated heterocycles. The van der Waals surface area contributed by atoms with Gasteiger partial charge in [0.2, 0.25) is 0 Å². The highest BCUT2D eigenvalue weighted by Gasteiger charge is 2.08. The Morgan fingerprint density at radius 3 is 2.58 bits per heavy atom. The lowest BCUT2D eigenvalue weighted by atomic mass is 10.1. The van der Waals surface area contributed by atoms with Crippen molar-refractivity contribution < 1.29 is 9.53 Å². The number of halogens is 1. The minimum atomic E-state index is -0.239. The van der Waals surface area contributed by atoms with Crippen LogP contribution in [0, 0.1) is 0 Å². The number of benzene rings is 2. The molecule has 0 unspecified atom stereocenters. The maximum absolute atomic E-state index is 11.3. The Bertz CT molecular complexity index is 776. The molecule has 0 saturated carbocycles. The van der Waals surface area contributed by atoms with Crippen molar-refractivity contribution >= 4 is 39.4 Å². The number of methoxy groups -OCH3 is 1. The molecule has 0 aliphatic carbocycles. The number of fused-ring (bicyclic) bond motifs is 3. The molecule has 1 heterocycles. The average molecular weight is 274 g/mol. The maximum Gasteiger partial charge on any atom is 0.309 e. The molecule has 1 N–H and O–H groups in total. The zero-order chi connectivity index (χ0) is 13.4. The number of aromatic amines is 1. The number of rotatable bonds is 2. The smallest absolute Gasteiger partial charge is 0.309 e. The Labute approximate surface area is 115 Å². The average Bonchev–Trinajstić information content (AvgIpc) is 2.76. The summed E-state index contributed by atoms with van der Waals surface area (Å²) in [5.74, 6) is -0.239. The molecule has 4 heteroatoms. The second-order valence-corrected chi connectivity index (χ2v) is 4.88. The molecule has 1 aromatic heterocycles. The lowest BCUT2D eigenvalue weighted by Crippen LogP contribution is -2.03. The van der Waals surface area contributed by atoms with Crippen molar-refractivity contribution in [2.45, 2.75) is 6.42 Å². The first-order valence-electron chi connectivity index (χ1n) is 5.94. The summed E-state index contributed by atoms with van der Waals surface area (Å²) in [6, 6.07) is 11.6. The Hall–Kier alpha value is -2.00. The molecule has 0 aliphatic rings. The zero-order valence-corrected chi connectivity index (χ0v) is 11.1. The van der Waals surface area contributed by atoms with Crippen LogP contribution in [0.2, 0.25) is 5.02 Å². The molecule has 0 fully saturated rings. The second kappa shape index (κ2) is 4.59. The summed E-state index contributed by atoms with van der Waals surface area (Å²) in [5.41, 5.74) is 3.00. The molecule has 3 rings (SSSR count). The third kappa shape index (κ3) is 2.17. The van der Waals surface area contributed by atoms with Crippen molar-refractivity contribution in [1.82, 2.24) is 4.98 Å². The summed E-state index contributed by atoms with van der Waals surface area (Å²) >= 11 is 6.03. The van der Waals surface area contributed by atoms with E-state index >= 15 is 0 Å². The molecule has 3 nitrogen and oxygen atoms in total. The van der Waals surface area contributed by atoms with Gasteiger partial charge in [0.15, 0.2) is 0 Å². The summed E-state index contributed by atoms with van der Waals surface area (Å²) < 4.78 is 4.69. The van der Waals surface area contributed by atoms with E-state index in [9.17, 15) is 4.79 Å². The van der Waals surface area contributed by atoms with Crippen LogP contribution in [-0.4, -0.2) is 18.1 Å². The van der Waals surface area contributed by atoms with Gasteiger partial charge in [0.05, 0.1) is 13.5 Å². The first kappa shape index (κ1) is 12.1. The van der Waals surface area contributed by atoms with Crippen LogP contribution in [0.5, 0.6) is 0 Å². The highest BCUT2D eigenvalue weighted by atomic mass is 35.5. The number of hydrogen-bond acceptors (Lipinski definition) is 2. The zero-order valence-electron chi connectivity index (χ0n) is 10.4. The van der Waals surface area contributed by atoms with Gasteiger partial charge in [-0.2, -0.15) is 0 Å². The Morgan fingerprint density at radius 2 is 1.84 bits per heavy atom. The van der Waals surface area contributed by atoms with Crippen LogP contribution in [0.15, 0.2) is 36.4 Å². The van der Waals surface area contributed by atoms with Crippen LogP contribution in [0.3, 0.4) is 0 Å². The predicted octanol–water partition coefficient (Wildman–Crippen LogP) is 3.69. The number of aromatic nitrogens is 1. The van der Waals surface area contributed by atoms with Gasteiger partial charge < -0.3 is 9.72 Å². The molecule has 0 atom stereocenters. The molecule has 0 radical (unpaired) electrons. The van der Waals surface area contributed by atoms with Crippen molar-refractivity contribution in [3.8, 4) is 0 Å². The van der Waals surface area contributed by atoms with Gasteiger partial charge in [0.25, 0.3) is 0 Å². The van der Waals surface area contributed by atoms with E-state index in [2.05, 4.69) is 9.72 Å². The molecule has 3 aromatic rings. The Kier molecular flexibility index (Phi) is 2.91. The number of nitrogens with one attached hydrogen (secondary N) is 1. The van der Waals surface area contributed by atoms with Gasteiger partial charge >= 0.3 is 5.97 Å². The van der Waals surface area contributed by atoms with E-state index in [-0.39, 0.29) is 12.4 Å². The standard InChI is InChI=1S/C15H12ClNO2/c1-19-15(18)7-9-2-4-13-11(6-9)12-8-10(16)3-5-14(12)17-13/h2-6,8,17H,7H2,1H3. The highest BCUT2D eigenvalue weighted by Crippen LogP contribution is 2.28. The van der Waals surface area contributed by atoms with E-state index in [1.165, 1.54) is 7.11 Å². The van der Waals surface area contributed by atoms with Gasteiger partial charge in [-0.25, -0.2) is 0 Å². The summed E-state index contributed by atoms with van der Waals surface area (Å²) in [6.07, 6.45) is 0.277. The molecule has 96 valence electrons. The van der Waals surface area contributed by atoms with Crippen molar-refractivity contribution in [3.05, 3.63) is 47.0 Å². The fourth-order valence-corrected chi connectivity index (χ4v) is 2.44. The minimum Gasteiger partial charge on any atom is -0.469 e. The van der Waals surface area contributed by atoms with Crippen LogP contribution in [0.25, 0.3) is 21.8 Å². The summed E-state index contributed by atoms with van der Waals surface area (Å²) in [4.78, 5) is 14.6. The fraction of sp³-hybridized carbons (Fsp3) is 0.133. The number of ether oxygens (including phenoxy) is 1. The lowest BCUT2D eigenvalue weighted by Gasteiger charge is -2.00. The van der Waals surface area contributed by atoms with Crippen LogP contribution < -0.4 is 0 Å². The first-order valence-corrected chi connectivity index (χ1v) is 6.32. The van der Waals surface area contributed by atoms with Crippen molar-refractivity contribution in [3.63, 3.8) is 0 Å². The van der Waals surface area contributed by atoms with E-state index in [4.69, 9.17) is 11.6 Å². The van der Waals surface area contributed by atoms with Gasteiger partial charge in [-0.1, -0.05) is 17.7 Å². The summed E-state index contributed by atoms with van der Waals surface area (Å²) in [6.45, 7) is 0. The van der Waals surface area contributed by atoms with E-state index in [0.717, 1.165) is 27.4 Å². The SMILES string of the molecule is COC(=O)Cc1ccc2[nH]c3ccc(Cl)cc3c2c1. The maximum atomic E-state index is 11.3. The molecule has 0 bridgehead atoms. The van der Waals surface area contributed by atoms with E-state index in [1.807, 2.05) is 36.4 Å². The molecule has 19 heavy (non-hydrogen) atoms. The number of carbonyl (C=O) groups excluding carboxylic acids is 1. The third-order valence-corrected chi connectivity index (χ3v) is 3.44. The monoisotopic (exact) mass is 273 g/mol. The second-order valence-electron chi connectivity index (χ2n) is 4.45. The molecular formula is C15H12ClNO2. The van der Waals surface area contributed by atoms with Gasteiger partial charge in [-0.05, 0) is 35.9 Å². The predicted molar refractivity (Wildman–Crippen MR) is 76.5 cm³/mol. The Morgan fingerprint density at radius 1 is 1.16 bits per heavy atom. The number of esters is 1. The Balaban J connectivity index is 2.17. The molecular weight excluding hydrogens is 262 g/mol. The summed E-state index contributed by atoms with van der Waals surface area (Å²) in [5, 5.41) is 2.83. The van der Waals surface area contributed by atoms with Crippen molar-refractivity contribution in [2.75, 3.05) is 7.11 Å². The van der Waals surface area contributed by atoms with Crippen molar-refractivity contribution in [1.29, 1.82) is 0 Å². The van der Waals surface area contributed by atoms with Gasteiger partial charge in [0.1, 0.15) is 0 Å². The van der Waals surface area contributed by atoms with E-state index in [0.29, 0.717) is 5.02 Å². The van der Waals surface area contributed by atoms with Gasteiger partial charge in [-0.15, -0.1) is 0 Å². The number of hydrogen-bond donors (Lipinski definition) is 1. The third-order valence-electron chi connectivity index (χ3n) is 3.20. The number of H-pyrrole nitrogens is 1. The van der Waals surface area contributed by atoms with Crippen LogP contribution in [0.4, 0.5) is 0 Å². The molecule has 2 aromatic carbocycles. The van der Waals surface area contributed by atoms with Gasteiger partial charge in [-0.3, -0.25) is 4.79 Å². The molecule has 0 aliphatic heterocycles. The normalized spacial score (nSPS) is 11.1. The van der Waals surface area contributed by atoms with E-state index < -0.39 is 0 Å². The minimum absolute atomic E-state index is 0.239. The van der Waals surface area contributed by atoms with E-state index in [1.54, 1.807) is 0 Å². The van der Waals surface area contributed by atoms with Gasteiger partial charge in [0, 0.05) is 26.8 Å². The van der Waals surface area contributed by atoms with Crippen LogP contribution in [0.1, 0.15) is 5.56 Å². The molecule has 0 spiro atoms. The summed E-state index contributed by atoms with van der Waals surface area (Å²) in [7, 11) is 1.40. The van der Waals surface area contributed by atoms with Crippen LogP contribution in [-0.2, 0) is 16.0 Å².